The number of nitrogens with two attached hydrogens (primary N) is 1. The van der Waals surface area contributed by atoms with Gasteiger partial charge in [-0.2, -0.15) is 15.0 Å². The van der Waals surface area contributed by atoms with Gasteiger partial charge in [0.2, 0.25) is 23.8 Å². The zero-order chi connectivity index (χ0) is 14.3. The molecule has 0 spiro atoms. The number of hydrogen-bond donors (Lipinski definition) is 3. The lowest BCUT2D eigenvalue weighted by atomic mass is 10.4. The van der Waals surface area contributed by atoms with Gasteiger partial charge in [-0.25, -0.2) is 0 Å². The van der Waals surface area contributed by atoms with Crippen LogP contribution in [0.2, 0.25) is 0 Å². The number of carbonyl (C=O) groups excluding carboxylic acids is 1. The van der Waals surface area contributed by atoms with E-state index in [4.69, 9.17) is 5.73 Å². The predicted molar refractivity (Wildman–Crippen MR) is 75.0 cm³/mol. The van der Waals surface area contributed by atoms with Gasteiger partial charge in [0.15, 0.2) is 0 Å². The Kier molecular flexibility index (Phi) is 5.77. The van der Waals surface area contributed by atoms with Crippen molar-refractivity contribution in [1.82, 2.24) is 20.3 Å². The number of anilines is 3. The SMILES string of the molecule is CCN(CC)c1nc(N)nc(NCCC(=O)NC)n1. The highest BCUT2D eigenvalue weighted by Gasteiger charge is 2.09. The average molecular weight is 267 g/mol. The molecule has 0 aliphatic carbocycles. The number of rotatable bonds is 7. The van der Waals surface area contributed by atoms with Crippen LogP contribution in [-0.4, -0.2) is 47.5 Å². The fourth-order valence-electron chi connectivity index (χ4n) is 1.52. The van der Waals surface area contributed by atoms with E-state index in [2.05, 4.69) is 25.6 Å². The maximum absolute atomic E-state index is 11.1. The Balaban J connectivity index is 2.71. The maximum Gasteiger partial charge on any atom is 0.231 e. The van der Waals surface area contributed by atoms with Gasteiger partial charge >= 0.3 is 0 Å². The third kappa shape index (κ3) is 4.57. The summed E-state index contributed by atoms with van der Waals surface area (Å²) in [5, 5.41) is 5.51. The van der Waals surface area contributed by atoms with Crippen molar-refractivity contribution in [3.8, 4) is 0 Å². The van der Waals surface area contributed by atoms with Crippen LogP contribution in [0.5, 0.6) is 0 Å². The Morgan fingerprint density at radius 3 is 2.53 bits per heavy atom. The number of hydrogen-bond acceptors (Lipinski definition) is 7. The van der Waals surface area contributed by atoms with Crippen molar-refractivity contribution in [2.45, 2.75) is 20.3 Å². The second-order valence-corrected chi connectivity index (χ2v) is 3.84. The molecule has 0 saturated heterocycles. The molecule has 0 radical (unpaired) electrons. The first-order valence-corrected chi connectivity index (χ1v) is 6.31. The lowest BCUT2D eigenvalue weighted by Gasteiger charge is -2.18. The van der Waals surface area contributed by atoms with Gasteiger partial charge < -0.3 is 21.3 Å². The minimum absolute atomic E-state index is 0.0431. The van der Waals surface area contributed by atoms with Gasteiger partial charge in [-0.15, -0.1) is 0 Å². The standard InChI is InChI=1S/C11H21N7O/c1-4-18(5-2)11-16-9(12)15-10(17-11)14-7-6-8(19)13-3/h4-7H2,1-3H3,(H,13,19)(H3,12,14,15,16,17). The molecule has 4 N–H and O–H groups in total. The van der Waals surface area contributed by atoms with Crippen LogP contribution >= 0.6 is 0 Å². The molecule has 0 aliphatic heterocycles. The lowest BCUT2D eigenvalue weighted by Crippen LogP contribution is -2.26. The van der Waals surface area contributed by atoms with Gasteiger partial charge in [0.1, 0.15) is 0 Å². The lowest BCUT2D eigenvalue weighted by molar-refractivity contribution is -0.120. The van der Waals surface area contributed by atoms with Gasteiger partial charge in [-0.1, -0.05) is 0 Å². The van der Waals surface area contributed by atoms with Crippen molar-refractivity contribution < 1.29 is 4.79 Å². The van der Waals surface area contributed by atoms with Gasteiger partial charge in [-0.05, 0) is 13.8 Å². The van der Waals surface area contributed by atoms with E-state index in [1.807, 2.05) is 18.7 Å². The number of nitrogens with one attached hydrogen (secondary N) is 2. The monoisotopic (exact) mass is 267 g/mol. The molecule has 1 aromatic rings. The fourth-order valence-corrected chi connectivity index (χ4v) is 1.52. The Morgan fingerprint density at radius 2 is 1.95 bits per heavy atom. The Hall–Kier alpha value is -2.12. The molecule has 0 atom stereocenters. The average Bonchev–Trinajstić information content (AvgIpc) is 2.39. The van der Waals surface area contributed by atoms with Crippen molar-refractivity contribution in [3.05, 3.63) is 0 Å². The molecule has 0 unspecified atom stereocenters. The topological polar surface area (TPSA) is 109 Å². The van der Waals surface area contributed by atoms with Gasteiger partial charge in [-0.3, -0.25) is 4.79 Å². The first-order chi connectivity index (χ1) is 9.10. The van der Waals surface area contributed by atoms with Crippen molar-refractivity contribution in [3.63, 3.8) is 0 Å². The quantitative estimate of drug-likeness (QED) is 0.630. The van der Waals surface area contributed by atoms with E-state index < -0.39 is 0 Å². The Bertz CT molecular complexity index is 420. The maximum atomic E-state index is 11.1. The largest absolute Gasteiger partial charge is 0.368 e. The van der Waals surface area contributed by atoms with Gasteiger partial charge in [0, 0.05) is 33.1 Å². The minimum atomic E-state index is -0.0431. The molecule has 0 fully saturated rings. The molecule has 0 saturated carbocycles. The van der Waals surface area contributed by atoms with Crippen LogP contribution < -0.4 is 21.3 Å². The smallest absolute Gasteiger partial charge is 0.231 e. The van der Waals surface area contributed by atoms with E-state index in [9.17, 15) is 4.79 Å². The second kappa shape index (κ2) is 7.34. The van der Waals surface area contributed by atoms with Crippen LogP contribution in [0.4, 0.5) is 17.8 Å². The molecule has 0 aromatic carbocycles. The molecule has 1 rings (SSSR count). The second-order valence-electron chi connectivity index (χ2n) is 3.84. The third-order valence-electron chi connectivity index (χ3n) is 2.60. The summed E-state index contributed by atoms with van der Waals surface area (Å²) in [5.74, 6) is 1.05. The van der Waals surface area contributed by atoms with Gasteiger partial charge in [0.05, 0.1) is 0 Å². The number of nitrogen functional groups attached to an aromatic ring is 1. The highest BCUT2D eigenvalue weighted by molar-refractivity contribution is 5.75. The molecular formula is C11H21N7O. The summed E-state index contributed by atoms with van der Waals surface area (Å²) < 4.78 is 0. The van der Waals surface area contributed by atoms with Crippen LogP contribution in [0.15, 0.2) is 0 Å². The zero-order valence-corrected chi connectivity index (χ0v) is 11.6. The van der Waals surface area contributed by atoms with Crippen molar-refractivity contribution in [2.24, 2.45) is 0 Å². The highest BCUT2D eigenvalue weighted by Crippen LogP contribution is 2.11. The highest BCUT2D eigenvalue weighted by atomic mass is 16.1. The molecule has 8 heteroatoms. The molecule has 106 valence electrons. The third-order valence-corrected chi connectivity index (χ3v) is 2.60. The molecule has 19 heavy (non-hydrogen) atoms. The van der Waals surface area contributed by atoms with Crippen LogP contribution in [0, 0.1) is 0 Å². The Labute approximate surface area is 112 Å². The van der Waals surface area contributed by atoms with Crippen molar-refractivity contribution in [1.29, 1.82) is 0 Å². The molecule has 1 aromatic heterocycles. The predicted octanol–water partition coefficient (Wildman–Crippen LogP) is -0.152. The number of nitrogens with zero attached hydrogens (tertiary/aromatic N) is 4. The fraction of sp³-hybridized carbons (Fsp3) is 0.636. The van der Waals surface area contributed by atoms with E-state index >= 15 is 0 Å². The van der Waals surface area contributed by atoms with E-state index in [-0.39, 0.29) is 11.9 Å². The van der Waals surface area contributed by atoms with E-state index in [1.54, 1.807) is 7.05 Å². The van der Waals surface area contributed by atoms with Crippen molar-refractivity contribution in [2.75, 3.05) is 42.6 Å². The van der Waals surface area contributed by atoms with Crippen LogP contribution in [0.1, 0.15) is 20.3 Å². The molecule has 1 heterocycles. The first-order valence-electron chi connectivity index (χ1n) is 6.31. The first kappa shape index (κ1) is 14.9. The van der Waals surface area contributed by atoms with Crippen molar-refractivity contribution >= 4 is 23.8 Å². The van der Waals surface area contributed by atoms with Crippen LogP contribution in [-0.2, 0) is 4.79 Å². The summed E-state index contributed by atoms with van der Waals surface area (Å²) in [6.07, 6.45) is 0.350. The molecule has 0 bridgehead atoms. The zero-order valence-electron chi connectivity index (χ0n) is 11.6. The summed E-state index contributed by atoms with van der Waals surface area (Å²) in [6.45, 7) is 6.06. The molecule has 1 amide bonds. The Morgan fingerprint density at radius 1 is 1.26 bits per heavy atom. The summed E-state index contributed by atoms with van der Waals surface area (Å²) in [4.78, 5) is 25.4. The van der Waals surface area contributed by atoms with E-state index in [0.717, 1.165) is 13.1 Å². The summed E-state index contributed by atoms with van der Waals surface area (Å²) in [5.41, 5.74) is 5.66. The number of carbonyl (C=O) groups is 1. The number of aromatic nitrogens is 3. The molecular weight excluding hydrogens is 246 g/mol. The van der Waals surface area contributed by atoms with E-state index in [0.29, 0.717) is 24.9 Å². The molecule has 0 aliphatic rings. The summed E-state index contributed by atoms with van der Waals surface area (Å²) in [7, 11) is 1.60. The summed E-state index contributed by atoms with van der Waals surface area (Å²) >= 11 is 0. The molecule has 8 nitrogen and oxygen atoms in total. The minimum Gasteiger partial charge on any atom is -0.368 e. The number of amides is 1. The summed E-state index contributed by atoms with van der Waals surface area (Å²) in [6, 6.07) is 0. The van der Waals surface area contributed by atoms with Crippen LogP contribution in [0.25, 0.3) is 0 Å². The van der Waals surface area contributed by atoms with E-state index in [1.165, 1.54) is 0 Å². The van der Waals surface area contributed by atoms with Crippen LogP contribution in [0.3, 0.4) is 0 Å². The normalized spacial score (nSPS) is 10.1. The van der Waals surface area contributed by atoms with Gasteiger partial charge in [0.25, 0.3) is 0 Å².